The Morgan fingerprint density at radius 3 is 2.81 bits per heavy atom. The first-order valence-electron chi connectivity index (χ1n) is 7.24. The SMILES string of the molecule is Cc1ccc2nc(NCCCn3nc(C)cc3C)sc2c1. The van der Waals surface area contributed by atoms with Gasteiger partial charge in [-0.2, -0.15) is 5.10 Å². The minimum absolute atomic E-state index is 0.914. The van der Waals surface area contributed by atoms with Gasteiger partial charge in [0.2, 0.25) is 0 Å². The number of thiazole rings is 1. The van der Waals surface area contributed by atoms with Crippen LogP contribution >= 0.6 is 11.3 Å². The van der Waals surface area contributed by atoms with Crippen molar-refractivity contribution in [3.05, 3.63) is 41.2 Å². The zero-order valence-corrected chi connectivity index (χ0v) is 13.5. The van der Waals surface area contributed by atoms with Gasteiger partial charge in [-0.05, 0) is 51.0 Å². The standard InChI is InChI=1S/C16H20N4S/c1-11-5-6-14-15(9-11)21-16(18-14)17-7-4-8-20-13(3)10-12(2)19-20/h5-6,9-10H,4,7-8H2,1-3H3,(H,17,18). The zero-order valence-electron chi connectivity index (χ0n) is 12.7. The summed E-state index contributed by atoms with van der Waals surface area (Å²) in [6.45, 7) is 8.10. The Hall–Kier alpha value is -1.88. The Labute approximate surface area is 128 Å². The van der Waals surface area contributed by atoms with E-state index in [1.165, 1.54) is 16.0 Å². The first-order valence-corrected chi connectivity index (χ1v) is 8.05. The van der Waals surface area contributed by atoms with Gasteiger partial charge in [-0.15, -0.1) is 0 Å². The second-order valence-corrected chi connectivity index (χ2v) is 6.45. The predicted octanol–water partition coefficient (Wildman–Crippen LogP) is 3.92. The molecule has 3 rings (SSSR count). The number of benzene rings is 1. The lowest BCUT2D eigenvalue weighted by molar-refractivity contribution is 0.573. The van der Waals surface area contributed by atoms with Crippen LogP contribution in [0.15, 0.2) is 24.3 Å². The van der Waals surface area contributed by atoms with Gasteiger partial charge in [-0.1, -0.05) is 17.4 Å². The van der Waals surface area contributed by atoms with E-state index in [0.717, 1.165) is 35.9 Å². The maximum absolute atomic E-state index is 4.61. The lowest BCUT2D eigenvalue weighted by Crippen LogP contribution is -2.08. The van der Waals surface area contributed by atoms with E-state index in [9.17, 15) is 0 Å². The van der Waals surface area contributed by atoms with E-state index >= 15 is 0 Å². The molecule has 1 N–H and O–H groups in total. The third-order valence-electron chi connectivity index (χ3n) is 3.47. The Morgan fingerprint density at radius 2 is 2.05 bits per heavy atom. The summed E-state index contributed by atoms with van der Waals surface area (Å²) in [6, 6.07) is 8.49. The van der Waals surface area contributed by atoms with Crippen LogP contribution in [0.2, 0.25) is 0 Å². The van der Waals surface area contributed by atoms with Crippen LogP contribution in [-0.4, -0.2) is 21.3 Å². The zero-order chi connectivity index (χ0) is 14.8. The van der Waals surface area contributed by atoms with Crippen molar-refractivity contribution in [2.45, 2.75) is 33.7 Å². The highest BCUT2D eigenvalue weighted by Crippen LogP contribution is 2.26. The molecule has 0 atom stereocenters. The van der Waals surface area contributed by atoms with E-state index in [-0.39, 0.29) is 0 Å². The maximum Gasteiger partial charge on any atom is 0.183 e. The van der Waals surface area contributed by atoms with Gasteiger partial charge in [-0.3, -0.25) is 4.68 Å². The summed E-state index contributed by atoms with van der Waals surface area (Å²) in [5, 5.41) is 8.90. The number of hydrogen-bond donors (Lipinski definition) is 1. The number of nitrogens with one attached hydrogen (secondary N) is 1. The summed E-state index contributed by atoms with van der Waals surface area (Å²) in [4.78, 5) is 4.61. The van der Waals surface area contributed by atoms with Crippen LogP contribution in [0.3, 0.4) is 0 Å². The van der Waals surface area contributed by atoms with Crippen LogP contribution in [0.5, 0.6) is 0 Å². The largest absolute Gasteiger partial charge is 0.361 e. The van der Waals surface area contributed by atoms with Crippen LogP contribution in [0.1, 0.15) is 23.4 Å². The van der Waals surface area contributed by atoms with Crippen molar-refractivity contribution in [1.82, 2.24) is 14.8 Å². The smallest absolute Gasteiger partial charge is 0.183 e. The Balaban J connectivity index is 1.55. The highest BCUT2D eigenvalue weighted by molar-refractivity contribution is 7.22. The molecule has 0 fully saturated rings. The van der Waals surface area contributed by atoms with Crippen LogP contribution in [0.25, 0.3) is 10.2 Å². The van der Waals surface area contributed by atoms with Crippen LogP contribution in [0, 0.1) is 20.8 Å². The summed E-state index contributed by atoms with van der Waals surface area (Å²) in [5.41, 5.74) is 4.67. The van der Waals surface area contributed by atoms with Gasteiger partial charge >= 0.3 is 0 Å². The second kappa shape index (κ2) is 5.85. The Bertz CT molecular complexity index is 757. The van der Waals surface area contributed by atoms with E-state index in [2.05, 4.69) is 58.2 Å². The van der Waals surface area contributed by atoms with Crippen molar-refractivity contribution in [2.75, 3.05) is 11.9 Å². The Morgan fingerprint density at radius 1 is 1.19 bits per heavy atom. The monoisotopic (exact) mass is 300 g/mol. The fourth-order valence-corrected chi connectivity index (χ4v) is 3.42. The number of hydrogen-bond acceptors (Lipinski definition) is 4. The van der Waals surface area contributed by atoms with Crippen molar-refractivity contribution >= 4 is 26.7 Å². The minimum atomic E-state index is 0.914. The molecule has 2 heterocycles. The van der Waals surface area contributed by atoms with Gasteiger partial charge in [0, 0.05) is 18.8 Å². The molecule has 1 aromatic carbocycles. The summed E-state index contributed by atoms with van der Waals surface area (Å²) in [6.07, 6.45) is 1.04. The average molecular weight is 300 g/mol. The number of fused-ring (bicyclic) bond motifs is 1. The Kier molecular flexibility index (Phi) is 3.92. The minimum Gasteiger partial charge on any atom is -0.361 e. The maximum atomic E-state index is 4.61. The van der Waals surface area contributed by atoms with Crippen LogP contribution in [0.4, 0.5) is 5.13 Å². The molecule has 0 saturated carbocycles. The van der Waals surface area contributed by atoms with E-state index in [1.54, 1.807) is 11.3 Å². The molecule has 2 aromatic heterocycles. The highest BCUT2D eigenvalue weighted by atomic mass is 32.1. The highest BCUT2D eigenvalue weighted by Gasteiger charge is 2.04. The van der Waals surface area contributed by atoms with Crippen molar-refractivity contribution in [2.24, 2.45) is 0 Å². The topological polar surface area (TPSA) is 42.7 Å². The summed E-state index contributed by atoms with van der Waals surface area (Å²) in [5.74, 6) is 0. The first-order chi connectivity index (χ1) is 10.1. The van der Waals surface area contributed by atoms with E-state index in [0.29, 0.717) is 0 Å². The molecule has 4 nitrogen and oxygen atoms in total. The summed E-state index contributed by atoms with van der Waals surface area (Å²) in [7, 11) is 0. The number of aromatic nitrogens is 3. The van der Waals surface area contributed by atoms with Crippen molar-refractivity contribution < 1.29 is 0 Å². The first kappa shape index (κ1) is 14.1. The van der Waals surface area contributed by atoms with Crippen molar-refractivity contribution in [1.29, 1.82) is 0 Å². The average Bonchev–Trinajstić information content (AvgIpc) is 2.97. The molecule has 0 aliphatic rings. The molecule has 0 spiro atoms. The molecule has 0 amide bonds. The van der Waals surface area contributed by atoms with Gasteiger partial charge in [0.1, 0.15) is 0 Å². The number of aryl methyl sites for hydroxylation is 4. The van der Waals surface area contributed by atoms with Crippen molar-refractivity contribution in [3.8, 4) is 0 Å². The quantitative estimate of drug-likeness (QED) is 0.726. The number of anilines is 1. The molecule has 0 aliphatic heterocycles. The number of rotatable bonds is 5. The van der Waals surface area contributed by atoms with Gasteiger partial charge in [0.05, 0.1) is 15.9 Å². The van der Waals surface area contributed by atoms with Gasteiger partial charge in [0.25, 0.3) is 0 Å². The molecule has 0 bridgehead atoms. The molecule has 110 valence electrons. The van der Waals surface area contributed by atoms with Gasteiger partial charge in [-0.25, -0.2) is 4.98 Å². The molecule has 0 unspecified atom stereocenters. The van der Waals surface area contributed by atoms with Crippen LogP contribution in [-0.2, 0) is 6.54 Å². The van der Waals surface area contributed by atoms with Gasteiger partial charge < -0.3 is 5.32 Å². The molecular weight excluding hydrogens is 280 g/mol. The summed E-state index contributed by atoms with van der Waals surface area (Å²) < 4.78 is 3.31. The third-order valence-corrected chi connectivity index (χ3v) is 4.45. The molecule has 0 radical (unpaired) electrons. The normalized spacial score (nSPS) is 11.2. The molecule has 5 heteroatoms. The molecule has 0 aliphatic carbocycles. The van der Waals surface area contributed by atoms with E-state index < -0.39 is 0 Å². The molecule has 21 heavy (non-hydrogen) atoms. The predicted molar refractivity (Wildman–Crippen MR) is 89.2 cm³/mol. The second-order valence-electron chi connectivity index (χ2n) is 5.42. The molecule has 0 saturated heterocycles. The van der Waals surface area contributed by atoms with E-state index in [4.69, 9.17) is 0 Å². The molecular formula is C16H20N4S. The lowest BCUT2D eigenvalue weighted by atomic mass is 10.2. The fraction of sp³-hybridized carbons (Fsp3) is 0.375. The number of nitrogens with zero attached hydrogens (tertiary/aromatic N) is 3. The lowest BCUT2D eigenvalue weighted by Gasteiger charge is -2.05. The van der Waals surface area contributed by atoms with Crippen LogP contribution < -0.4 is 5.32 Å². The van der Waals surface area contributed by atoms with E-state index in [1.807, 2.05) is 6.92 Å². The fourth-order valence-electron chi connectivity index (χ4n) is 2.43. The van der Waals surface area contributed by atoms with Gasteiger partial charge in [0.15, 0.2) is 5.13 Å². The van der Waals surface area contributed by atoms with Crippen molar-refractivity contribution in [3.63, 3.8) is 0 Å². The third kappa shape index (κ3) is 3.24. The summed E-state index contributed by atoms with van der Waals surface area (Å²) >= 11 is 1.72. The molecule has 3 aromatic rings.